The molecule has 4 rings (SSSR count). The average molecular weight is 489 g/mol. The third-order valence-corrected chi connectivity index (χ3v) is 5.81. The maximum atomic E-state index is 12.9. The van der Waals surface area contributed by atoms with Crippen molar-refractivity contribution in [2.45, 2.75) is 52.3 Å². The Kier molecular flexibility index (Phi) is 7.10. The van der Waals surface area contributed by atoms with Gasteiger partial charge in [0.05, 0.1) is 30.2 Å². The molecule has 1 aliphatic heterocycles. The number of hydrogen-bond donors (Lipinski definition) is 1. The third-order valence-electron chi connectivity index (χ3n) is 5.27. The molecule has 0 fully saturated rings. The van der Waals surface area contributed by atoms with Gasteiger partial charge in [0.2, 0.25) is 5.91 Å². The Morgan fingerprint density at radius 2 is 2.09 bits per heavy atom. The Morgan fingerprint density at radius 3 is 2.85 bits per heavy atom. The van der Waals surface area contributed by atoms with Gasteiger partial charge in [-0.15, -0.1) is 0 Å². The third kappa shape index (κ3) is 5.42. The van der Waals surface area contributed by atoms with Crippen LogP contribution in [0.25, 0.3) is 11.4 Å². The largest absolute Gasteiger partial charge is 0.493 e. The van der Waals surface area contributed by atoms with E-state index < -0.39 is 0 Å². The molecule has 1 atom stereocenters. The molecule has 0 spiro atoms. The summed E-state index contributed by atoms with van der Waals surface area (Å²) in [5.41, 5.74) is 1.66. The maximum absolute atomic E-state index is 12.9. The van der Waals surface area contributed by atoms with Crippen molar-refractivity contribution in [3.8, 4) is 22.9 Å². The zero-order chi connectivity index (χ0) is 23.5. The Morgan fingerprint density at radius 1 is 1.27 bits per heavy atom. The summed E-state index contributed by atoms with van der Waals surface area (Å²) in [4.78, 5) is 17.5. The lowest BCUT2D eigenvalue weighted by molar-refractivity contribution is -0.121. The maximum Gasteiger partial charge on any atom is 0.228 e. The SMILES string of the molecule is CCn1nc(-c2ccc(Cl)c(OC(C)C)c2)nc1CC(=O)NC1CCOc2ccc(Cl)cc21. The number of carbonyl (C=O) groups excluding carboxylic acids is 1. The van der Waals surface area contributed by atoms with E-state index in [9.17, 15) is 4.79 Å². The Bertz CT molecular complexity index is 1160. The summed E-state index contributed by atoms with van der Waals surface area (Å²) in [5, 5.41) is 8.81. The van der Waals surface area contributed by atoms with Gasteiger partial charge in [0.15, 0.2) is 5.82 Å². The van der Waals surface area contributed by atoms with Crippen LogP contribution < -0.4 is 14.8 Å². The van der Waals surface area contributed by atoms with Gasteiger partial charge >= 0.3 is 0 Å². The van der Waals surface area contributed by atoms with Crippen molar-refractivity contribution in [2.24, 2.45) is 0 Å². The van der Waals surface area contributed by atoms with Crippen LogP contribution in [0, 0.1) is 0 Å². The van der Waals surface area contributed by atoms with Gasteiger partial charge in [0.25, 0.3) is 0 Å². The van der Waals surface area contributed by atoms with Crippen LogP contribution in [-0.2, 0) is 17.8 Å². The molecule has 0 aliphatic carbocycles. The predicted octanol–water partition coefficient (Wildman–Crippen LogP) is 5.24. The summed E-state index contributed by atoms with van der Waals surface area (Å²) in [7, 11) is 0. The minimum absolute atomic E-state index is 0.0108. The lowest BCUT2D eigenvalue weighted by Crippen LogP contribution is -2.33. The van der Waals surface area contributed by atoms with Crippen molar-refractivity contribution < 1.29 is 14.3 Å². The minimum Gasteiger partial charge on any atom is -0.493 e. The molecule has 1 N–H and O–H groups in total. The molecule has 0 saturated heterocycles. The number of amides is 1. The van der Waals surface area contributed by atoms with Gasteiger partial charge in [-0.25, -0.2) is 9.67 Å². The molecule has 0 saturated carbocycles. The molecule has 2 aromatic carbocycles. The second-order valence-electron chi connectivity index (χ2n) is 8.10. The first-order valence-corrected chi connectivity index (χ1v) is 11.7. The van der Waals surface area contributed by atoms with E-state index in [2.05, 4.69) is 15.4 Å². The van der Waals surface area contributed by atoms with Crippen molar-refractivity contribution in [2.75, 3.05) is 6.61 Å². The molecule has 1 unspecified atom stereocenters. The van der Waals surface area contributed by atoms with E-state index in [0.29, 0.717) is 47.0 Å². The zero-order valence-corrected chi connectivity index (χ0v) is 20.3. The zero-order valence-electron chi connectivity index (χ0n) is 18.8. The molecule has 33 heavy (non-hydrogen) atoms. The lowest BCUT2D eigenvalue weighted by Gasteiger charge is -2.26. The molecule has 3 aromatic rings. The first kappa shape index (κ1) is 23.4. The number of aryl methyl sites for hydroxylation is 1. The number of nitrogens with zero attached hydrogens (tertiary/aromatic N) is 3. The number of carbonyl (C=O) groups is 1. The van der Waals surface area contributed by atoms with E-state index in [1.807, 2.05) is 45.0 Å². The topological polar surface area (TPSA) is 78.3 Å². The van der Waals surface area contributed by atoms with Crippen LogP contribution in [0.1, 0.15) is 44.6 Å². The number of aromatic nitrogens is 3. The highest BCUT2D eigenvalue weighted by atomic mass is 35.5. The summed E-state index contributed by atoms with van der Waals surface area (Å²) < 4.78 is 13.2. The van der Waals surface area contributed by atoms with Gasteiger partial charge in [-0.2, -0.15) is 5.10 Å². The van der Waals surface area contributed by atoms with E-state index in [4.69, 9.17) is 32.7 Å². The van der Waals surface area contributed by atoms with Crippen LogP contribution in [0.2, 0.25) is 10.0 Å². The van der Waals surface area contributed by atoms with Crippen LogP contribution >= 0.6 is 23.2 Å². The highest BCUT2D eigenvalue weighted by molar-refractivity contribution is 6.32. The van der Waals surface area contributed by atoms with Crippen molar-refractivity contribution in [1.82, 2.24) is 20.1 Å². The highest BCUT2D eigenvalue weighted by Crippen LogP contribution is 2.34. The summed E-state index contributed by atoms with van der Waals surface area (Å²) in [6.07, 6.45) is 0.772. The van der Waals surface area contributed by atoms with Gasteiger partial charge in [-0.1, -0.05) is 23.2 Å². The Labute approximate surface area is 203 Å². The number of ether oxygens (including phenoxy) is 2. The standard InChI is InChI=1S/C24H26Cl2N4O3/c1-4-30-22(28-24(29-30)15-5-7-18(26)21(11-15)33-14(2)3)13-23(31)27-19-9-10-32-20-8-6-16(25)12-17(19)20/h5-8,11-12,14,19H,4,9-10,13H2,1-3H3,(H,27,31). The number of hydrogen-bond acceptors (Lipinski definition) is 5. The Balaban J connectivity index is 1.52. The van der Waals surface area contributed by atoms with Gasteiger partial charge < -0.3 is 14.8 Å². The first-order valence-electron chi connectivity index (χ1n) is 11.0. The summed E-state index contributed by atoms with van der Waals surface area (Å²) in [5.74, 6) is 2.30. The Hall–Kier alpha value is -2.77. The van der Waals surface area contributed by atoms with Gasteiger partial charge in [-0.05, 0) is 57.2 Å². The quantitative estimate of drug-likeness (QED) is 0.491. The van der Waals surface area contributed by atoms with Crippen molar-refractivity contribution in [3.05, 3.63) is 57.8 Å². The summed E-state index contributed by atoms with van der Waals surface area (Å²) >= 11 is 12.4. The predicted molar refractivity (Wildman–Crippen MR) is 128 cm³/mol. The molecule has 1 amide bonds. The number of benzene rings is 2. The molecular weight excluding hydrogens is 463 g/mol. The van der Waals surface area contributed by atoms with Gasteiger partial charge in [-0.3, -0.25) is 4.79 Å². The van der Waals surface area contributed by atoms with Crippen LogP contribution in [0.15, 0.2) is 36.4 Å². The van der Waals surface area contributed by atoms with Crippen LogP contribution in [0.4, 0.5) is 0 Å². The fourth-order valence-electron chi connectivity index (χ4n) is 3.77. The van der Waals surface area contributed by atoms with E-state index in [0.717, 1.165) is 16.9 Å². The number of rotatable bonds is 7. The van der Waals surface area contributed by atoms with Crippen LogP contribution in [0.3, 0.4) is 0 Å². The monoisotopic (exact) mass is 488 g/mol. The molecular formula is C24H26Cl2N4O3. The molecule has 1 aromatic heterocycles. The first-order chi connectivity index (χ1) is 15.8. The van der Waals surface area contributed by atoms with Gasteiger partial charge in [0.1, 0.15) is 17.3 Å². The fourth-order valence-corrected chi connectivity index (χ4v) is 4.11. The average Bonchev–Trinajstić information content (AvgIpc) is 3.18. The fraction of sp³-hybridized carbons (Fsp3) is 0.375. The lowest BCUT2D eigenvalue weighted by atomic mass is 10.0. The number of fused-ring (bicyclic) bond motifs is 1. The minimum atomic E-state index is -0.163. The van der Waals surface area contributed by atoms with E-state index in [1.165, 1.54) is 0 Å². The summed E-state index contributed by atoms with van der Waals surface area (Å²) in [6, 6.07) is 10.7. The second kappa shape index (κ2) is 10.0. The highest BCUT2D eigenvalue weighted by Gasteiger charge is 2.24. The molecule has 2 heterocycles. The van der Waals surface area contributed by atoms with Crippen LogP contribution in [0.5, 0.6) is 11.5 Å². The van der Waals surface area contributed by atoms with E-state index >= 15 is 0 Å². The smallest absolute Gasteiger partial charge is 0.228 e. The molecule has 0 radical (unpaired) electrons. The second-order valence-corrected chi connectivity index (χ2v) is 8.94. The number of nitrogens with one attached hydrogen (secondary N) is 1. The molecule has 9 heteroatoms. The molecule has 174 valence electrons. The number of halogens is 2. The van der Waals surface area contributed by atoms with Crippen molar-refractivity contribution >= 4 is 29.1 Å². The van der Waals surface area contributed by atoms with E-state index in [-0.39, 0.29) is 24.5 Å². The van der Waals surface area contributed by atoms with E-state index in [1.54, 1.807) is 16.8 Å². The van der Waals surface area contributed by atoms with Gasteiger partial charge in [0, 0.05) is 29.1 Å². The molecule has 1 aliphatic rings. The van der Waals surface area contributed by atoms with Crippen molar-refractivity contribution in [1.29, 1.82) is 0 Å². The molecule has 0 bridgehead atoms. The molecule has 7 nitrogen and oxygen atoms in total. The van der Waals surface area contributed by atoms with Crippen LogP contribution in [-0.4, -0.2) is 33.4 Å². The van der Waals surface area contributed by atoms with Crippen molar-refractivity contribution in [3.63, 3.8) is 0 Å². The normalized spacial score (nSPS) is 15.2. The summed E-state index contributed by atoms with van der Waals surface area (Å²) in [6.45, 7) is 6.97.